The predicted molar refractivity (Wildman–Crippen MR) is 54.4 cm³/mol. The number of fused-ring (bicyclic) bond motifs is 1. The zero-order valence-corrected chi connectivity index (χ0v) is 8.96. The van der Waals surface area contributed by atoms with Gasteiger partial charge in [0.2, 0.25) is 6.54 Å². The van der Waals surface area contributed by atoms with Gasteiger partial charge in [-0.05, 0) is 42.9 Å². The Morgan fingerprint density at radius 2 is 2.00 bits per heavy atom. The van der Waals surface area contributed by atoms with Crippen LogP contribution in [0.3, 0.4) is 0 Å². The van der Waals surface area contributed by atoms with E-state index in [2.05, 4.69) is 0 Å². The van der Waals surface area contributed by atoms with Crippen LogP contribution < -0.4 is 0 Å². The molecule has 0 amide bonds. The fourth-order valence-electron chi connectivity index (χ4n) is 4.90. The zero-order chi connectivity index (χ0) is 11.5. The maximum Gasteiger partial charge on any atom is 0.304 e. The molecular formula is C11H15NO4. The lowest BCUT2D eigenvalue weighted by Gasteiger charge is -2.58. The molecule has 5 heteroatoms. The molecule has 3 aliphatic carbocycles. The first kappa shape index (κ1) is 10.1. The zero-order valence-electron chi connectivity index (χ0n) is 8.96. The average molecular weight is 225 g/mol. The normalized spacial score (nSPS) is 47.8. The molecule has 5 nitrogen and oxygen atoms in total. The van der Waals surface area contributed by atoms with Crippen molar-refractivity contribution in [1.82, 2.24) is 0 Å². The van der Waals surface area contributed by atoms with E-state index in [1.54, 1.807) is 0 Å². The van der Waals surface area contributed by atoms with Gasteiger partial charge in [-0.25, -0.2) is 0 Å². The molecule has 3 aliphatic rings. The van der Waals surface area contributed by atoms with Gasteiger partial charge < -0.3 is 5.11 Å². The third-order valence-electron chi connectivity index (χ3n) is 5.19. The summed E-state index contributed by atoms with van der Waals surface area (Å²) in [6.07, 6.45) is 3.24. The molecule has 3 saturated carbocycles. The molecule has 2 unspecified atom stereocenters. The maximum absolute atomic E-state index is 10.9. The summed E-state index contributed by atoms with van der Waals surface area (Å²) in [4.78, 5) is 21.4. The minimum absolute atomic E-state index is 0.00741. The molecule has 0 radical (unpaired) electrons. The number of aliphatic carboxylic acids is 1. The van der Waals surface area contributed by atoms with Gasteiger partial charge in [-0.15, -0.1) is 0 Å². The summed E-state index contributed by atoms with van der Waals surface area (Å²) in [5.74, 6) is 1.09. The monoisotopic (exact) mass is 225 g/mol. The highest BCUT2D eigenvalue weighted by Crippen LogP contribution is 2.73. The quantitative estimate of drug-likeness (QED) is 0.579. The van der Waals surface area contributed by atoms with Gasteiger partial charge in [-0.3, -0.25) is 14.9 Å². The number of rotatable bonds is 4. The molecule has 0 saturated heterocycles. The fraction of sp³-hybridized carbons (Fsp3) is 0.909. The molecule has 3 rings (SSSR count). The fourth-order valence-corrected chi connectivity index (χ4v) is 4.90. The standard InChI is InChI=1S/C11H15NO4/c13-10(14)4-11(5-12(15)16)8-2-6-1-7(8)9(11)3-6/h6-9H,1-5H2,(H,13,14). The minimum atomic E-state index is -0.879. The topological polar surface area (TPSA) is 80.4 Å². The average Bonchev–Trinajstić information content (AvgIpc) is 2.70. The molecule has 0 aromatic carbocycles. The molecule has 0 aromatic rings. The van der Waals surface area contributed by atoms with Gasteiger partial charge >= 0.3 is 5.97 Å². The lowest BCUT2D eigenvalue weighted by atomic mass is 9.44. The molecule has 2 bridgehead atoms. The van der Waals surface area contributed by atoms with Gasteiger partial charge in [0.05, 0.1) is 11.8 Å². The third kappa shape index (κ3) is 1.09. The summed E-state index contributed by atoms with van der Waals surface area (Å²) in [5.41, 5.74) is -0.507. The summed E-state index contributed by atoms with van der Waals surface area (Å²) in [7, 11) is 0. The van der Waals surface area contributed by atoms with E-state index in [1.165, 1.54) is 6.42 Å². The Hall–Kier alpha value is -1.13. The Balaban J connectivity index is 1.86. The van der Waals surface area contributed by atoms with Crippen LogP contribution >= 0.6 is 0 Å². The number of carbonyl (C=O) groups is 1. The Morgan fingerprint density at radius 3 is 2.38 bits per heavy atom. The third-order valence-corrected chi connectivity index (χ3v) is 5.19. The van der Waals surface area contributed by atoms with Crippen molar-refractivity contribution in [2.45, 2.75) is 25.7 Å². The Labute approximate surface area is 93.0 Å². The minimum Gasteiger partial charge on any atom is -0.481 e. The highest BCUT2D eigenvalue weighted by atomic mass is 16.6. The van der Waals surface area contributed by atoms with Gasteiger partial charge in [0.1, 0.15) is 0 Å². The van der Waals surface area contributed by atoms with E-state index in [9.17, 15) is 14.9 Å². The largest absolute Gasteiger partial charge is 0.481 e. The number of hydrogen-bond acceptors (Lipinski definition) is 3. The summed E-state index contributed by atoms with van der Waals surface area (Å²) in [6, 6.07) is 0. The summed E-state index contributed by atoms with van der Waals surface area (Å²) in [6.45, 7) is -0.141. The molecule has 0 aromatic heterocycles. The Morgan fingerprint density at radius 1 is 1.38 bits per heavy atom. The van der Waals surface area contributed by atoms with Gasteiger partial charge in [0.15, 0.2) is 0 Å². The van der Waals surface area contributed by atoms with Crippen molar-refractivity contribution < 1.29 is 14.8 Å². The predicted octanol–water partition coefficient (Wildman–Crippen LogP) is 1.40. The van der Waals surface area contributed by atoms with E-state index < -0.39 is 11.4 Å². The van der Waals surface area contributed by atoms with E-state index in [-0.39, 0.29) is 17.9 Å². The van der Waals surface area contributed by atoms with Gasteiger partial charge in [-0.2, -0.15) is 0 Å². The van der Waals surface area contributed by atoms with Crippen LogP contribution in [0.15, 0.2) is 0 Å². The Kier molecular flexibility index (Phi) is 1.86. The second-order valence-electron chi connectivity index (χ2n) is 5.74. The van der Waals surface area contributed by atoms with Crippen LogP contribution in [0.1, 0.15) is 25.7 Å². The van der Waals surface area contributed by atoms with Crippen molar-refractivity contribution in [2.24, 2.45) is 29.1 Å². The van der Waals surface area contributed by atoms with Crippen LogP contribution in [0, 0.1) is 39.2 Å². The second kappa shape index (κ2) is 2.96. The van der Waals surface area contributed by atoms with Crippen molar-refractivity contribution in [3.8, 4) is 0 Å². The number of carboxylic acids is 1. The molecule has 1 N–H and O–H groups in total. The van der Waals surface area contributed by atoms with Crippen LogP contribution in [0.25, 0.3) is 0 Å². The molecule has 88 valence electrons. The number of nitro groups is 1. The molecule has 3 fully saturated rings. The SMILES string of the molecule is O=C(O)CC1(C[N+](=O)[O-])C2CC3CC2C1C3. The van der Waals surface area contributed by atoms with Crippen LogP contribution in [-0.2, 0) is 4.79 Å². The molecule has 16 heavy (non-hydrogen) atoms. The lowest BCUT2D eigenvalue weighted by Crippen LogP contribution is -2.59. The molecule has 2 atom stereocenters. The van der Waals surface area contributed by atoms with E-state index >= 15 is 0 Å². The highest BCUT2D eigenvalue weighted by Gasteiger charge is 2.71. The van der Waals surface area contributed by atoms with E-state index in [4.69, 9.17) is 5.11 Å². The van der Waals surface area contributed by atoms with E-state index in [0.29, 0.717) is 17.8 Å². The molecule has 0 spiro atoms. The van der Waals surface area contributed by atoms with Crippen molar-refractivity contribution in [1.29, 1.82) is 0 Å². The van der Waals surface area contributed by atoms with Gasteiger partial charge in [-0.1, -0.05) is 0 Å². The maximum atomic E-state index is 10.9. The number of hydrogen-bond donors (Lipinski definition) is 1. The first-order chi connectivity index (χ1) is 7.53. The number of carboxylic acid groups (broad SMARTS) is 1. The first-order valence-electron chi connectivity index (χ1n) is 5.86. The first-order valence-corrected chi connectivity index (χ1v) is 5.86. The van der Waals surface area contributed by atoms with E-state index in [1.807, 2.05) is 0 Å². The van der Waals surface area contributed by atoms with Crippen molar-refractivity contribution in [2.75, 3.05) is 6.54 Å². The van der Waals surface area contributed by atoms with Gasteiger partial charge in [0, 0.05) is 4.92 Å². The van der Waals surface area contributed by atoms with Crippen LogP contribution in [0.2, 0.25) is 0 Å². The summed E-state index contributed by atoms with van der Waals surface area (Å²) >= 11 is 0. The molecule has 0 heterocycles. The van der Waals surface area contributed by atoms with Crippen LogP contribution in [-0.4, -0.2) is 22.5 Å². The highest BCUT2D eigenvalue weighted by molar-refractivity contribution is 5.68. The van der Waals surface area contributed by atoms with Crippen molar-refractivity contribution >= 4 is 5.97 Å². The van der Waals surface area contributed by atoms with Crippen LogP contribution in [0.5, 0.6) is 0 Å². The van der Waals surface area contributed by atoms with Gasteiger partial charge in [0.25, 0.3) is 0 Å². The Bertz CT molecular complexity index is 335. The summed E-state index contributed by atoms with van der Waals surface area (Å²) in [5, 5.41) is 19.7. The smallest absolute Gasteiger partial charge is 0.304 e. The summed E-state index contributed by atoms with van der Waals surface area (Å²) < 4.78 is 0. The number of nitrogens with zero attached hydrogens (tertiary/aromatic N) is 1. The lowest BCUT2D eigenvalue weighted by molar-refractivity contribution is -0.512. The van der Waals surface area contributed by atoms with Crippen molar-refractivity contribution in [3.05, 3.63) is 10.1 Å². The van der Waals surface area contributed by atoms with Crippen LogP contribution in [0.4, 0.5) is 0 Å². The van der Waals surface area contributed by atoms with E-state index in [0.717, 1.165) is 18.8 Å². The molecule has 0 aliphatic heterocycles. The van der Waals surface area contributed by atoms with Crippen molar-refractivity contribution in [3.63, 3.8) is 0 Å². The second-order valence-corrected chi connectivity index (χ2v) is 5.74. The molecular weight excluding hydrogens is 210 g/mol.